The van der Waals surface area contributed by atoms with Crippen LogP contribution in [0.15, 0.2) is 64.9 Å². The molecule has 0 saturated heterocycles. The quantitative estimate of drug-likeness (QED) is 0.662. The van der Waals surface area contributed by atoms with Crippen molar-refractivity contribution in [3.63, 3.8) is 0 Å². The summed E-state index contributed by atoms with van der Waals surface area (Å²) in [4.78, 5) is 9.21. The highest BCUT2D eigenvalue weighted by Crippen LogP contribution is 2.33. The fraction of sp³-hybridized carbons (Fsp3) is 0. The summed E-state index contributed by atoms with van der Waals surface area (Å²) in [6, 6.07) is 15.8. The fourth-order valence-corrected chi connectivity index (χ4v) is 2.79. The Morgan fingerprint density at radius 1 is 1.00 bits per heavy atom. The average Bonchev–Trinajstić information content (AvgIpc) is 2.49. The van der Waals surface area contributed by atoms with Crippen LogP contribution in [0.25, 0.3) is 10.8 Å². The molecule has 1 heterocycles. The van der Waals surface area contributed by atoms with Gasteiger partial charge in [-0.25, -0.2) is 9.97 Å². The molecule has 1 aromatic heterocycles. The zero-order valence-corrected chi connectivity index (χ0v) is 10.8. The lowest BCUT2D eigenvalue weighted by Gasteiger charge is -2.06. The van der Waals surface area contributed by atoms with E-state index in [-0.39, 0.29) is 0 Å². The first-order chi connectivity index (χ1) is 9.38. The summed E-state index contributed by atoms with van der Waals surface area (Å²) >= 11 is 1.58. The van der Waals surface area contributed by atoms with Gasteiger partial charge in [0.25, 0.3) is 0 Å². The minimum absolute atomic E-state index is 0.697. The number of aromatic nitrogens is 2. The van der Waals surface area contributed by atoms with Crippen molar-refractivity contribution < 1.29 is 0 Å². The third-order valence-electron chi connectivity index (χ3n) is 2.77. The predicted octanol–water partition coefficient (Wildman–Crippen LogP) is 3.65. The van der Waals surface area contributed by atoms with Gasteiger partial charge in [-0.2, -0.15) is 5.26 Å². The molecule has 19 heavy (non-hydrogen) atoms. The Morgan fingerprint density at radius 3 is 2.58 bits per heavy atom. The summed E-state index contributed by atoms with van der Waals surface area (Å²) in [6.07, 6.45) is 3.26. The minimum Gasteiger partial charge on any atom is -0.245 e. The second-order valence-corrected chi connectivity index (χ2v) is 4.98. The van der Waals surface area contributed by atoms with Crippen LogP contribution in [0.3, 0.4) is 0 Å². The predicted molar refractivity (Wildman–Crippen MR) is 74.8 cm³/mol. The molecule has 90 valence electrons. The Kier molecular flexibility index (Phi) is 3.13. The van der Waals surface area contributed by atoms with Gasteiger partial charge in [-0.05, 0) is 23.6 Å². The van der Waals surface area contributed by atoms with Crippen LogP contribution in [0, 0.1) is 11.3 Å². The molecule has 3 rings (SSSR count). The molecular weight excluding hydrogens is 254 g/mol. The van der Waals surface area contributed by atoms with Gasteiger partial charge in [-0.1, -0.05) is 36.0 Å². The van der Waals surface area contributed by atoms with Gasteiger partial charge in [-0.15, -0.1) is 0 Å². The van der Waals surface area contributed by atoms with Crippen LogP contribution in [-0.2, 0) is 0 Å². The topological polar surface area (TPSA) is 49.6 Å². The van der Waals surface area contributed by atoms with Crippen molar-refractivity contribution in [1.29, 1.82) is 5.26 Å². The highest BCUT2D eigenvalue weighted by Gasteiger charge is 2.07. The fourth-order valence-electron chi connectivity index (χ4n) is 1.91. The molecule has 0 aliphatic heterocycles. The number of rotatable bonds is 2. The van der Waals surface area contributed by atoms with Crippen LogP contribution in [0.5, 0.6) is 0 Å². The van der Waals surface area contributed by atoms with Crippen LogP contribution in [0.2, 0.25) is 0 Å². The van der Waals surface area contributed by atoms with E-state index in [1.807, 2.05) is 42.5 Å². The van der Waals surface area contributed by atoms with Crippen LogP contribution < -0.4 is 0 Å². The lowest BCUT2D eigenvalue weighted by molar-refractivity contribution is 1.05. The van der Waals surface area contributed by atoms with Crippen LogP contribution >= 0.6 is 11.8 Å². The Morgan fingerprint density at radius 2 is 1.84 bits per heavy atom. The third-order valence-corrected chi connectivity index (χ3v) is 3.80. The van der Waals surface area contributed by atoms with Crippen molar-refractivity contribution in [3.8, 4) is 6.07 Å². The molecule has 2 aromatic carbocycles. The number of benzene rings is 2. The number of hydrogen-bond donors (Lipinski definition) is 0. The van der Waals surface area contributed by atoms with Crippen molar-refractivity contribution in [2.45, 2.75) is 9.92 Å². The summed E-state index contributed by atoms with van der Waals surface area (Å²) in [5, 5.41) is 12.1. The smallest absolute Gasteiger partial charge is 0.116 e. The van der Waals surface area contributed by atoms with Gasteiger partial charge in [0.2, 0.25) is 0 Å². The van der Waals surface area contributed by atoms with Gasteiger partial charge < -0.3 is 0 Å². The maximum absolute atomic E-state index is 9.14. The van der Waals surface area contributed by atoms with Gasteiger partial charge >= 0.3 is 0 Å². The number of hydrogen-bond acceptors (Lipinski definition) is 4. The summed E-state index contributed by atoms with van der Waals surface area (Å²) in [7, 11) is 0. The Balaban J connectivity index is 2.13. The maximum atomic E-state index is 9.14. The molecule has 0 bridgehead atoms. The number of nitriles is 1. The van der Waals surface area contributed by atoms with E-state index in [0.717, 1.165) is 20.7 Å². The first-order valence-corrected chi connectivity index (χ1v) is 6.56. The lowest BCUT2D eigenvalue weighted by atomic mass is 10.1. The summed E-state index contributed by atoms with van der Waals surface area (Å²) in [5.41, 5.74) is 0.697. The third kappa shape index (κ3) is 2.28. The number of fused-ring (bicyclic) bond motifs is 1. The molecule has 0 amide bonds. The van der Waals surface area contributed by atoms with Gasteiger partial charge in [0, 0.05) is 16.5 Å². The van der Waals surface area contributed by atoms with E-state index < -0.39 is 0 Å². The molecule has 0 atom stereocenters. The van der Waals surface area contributed by atoms with Gasteiger partial charge in [-0.3, -0.25) is 0 Å². The Bertz CT molecular complexity index is 763. The molecule has 3 nitrogen and oxygen atoms in total. The minimum atomic E-state index is 0.697. The average molecular weight is 263 g/mol. The van der Waals surface area contributed by atoms with Gasteiger partial charge in [0.05, 0.1) is 11.6 Å². The van der Waals surface area contributed by atoms with Crippen molar-refractivity contribution in [2.75, 3.05) is 0 Å². The zero-order valence-electron chi connectivity index (χ0n) is 9.95. The first-order valence-electron chi connectivity index (χ1n) is 5.74. The van der Waals surface area contributed by atoms with Gasteiger partial charge in [0.15, 0.2) is 0 Å². The van der Waals surface area contributed by atoms with Crippen LogP contribution in [0.1, 0.15) is 5.56 Å². The highest BCUT2D eigenvalue weighted by atomic mass is 32.2. The van der Waals surface area contributed by atoms with E-state index in [4.69, 9.17) is 5.26 Å². The van der Waals surface area contributed by atoms with Crippen molar-refractivity contribution in [1.82, 2.24) is 9.97 Å². The Hall–Kier alpha value is -2.38. The van der Waals surface area contributed by atoms with Gasteiger partial charge in [0.1, 0.15) is 11.4 Å². The molecule has 3 aromatic rings. The molecule has 0 aliphatic carbocycles. The van der Waals surface area contributed by atoms with E-state index in [2.05, 4.69) is 16.0 Å². The van der Waals surface area contributed by atoms with Crippen molar-refractivity contribution in [3.05, 3.63) is 60.6 Å². The molecule has 4 heteroatoms. The van der Waals surface area contributed by atoms with Crippen LogP contribution in [0.4, 0.5) is 0 Å². The highest BCUT2D eigenvalue weighted by molar-refractivity contribution is 7.99. The molecule has 0 aliphatic rings. The zero-order chi connectivity index (χ0) is 13.1. The molecule has 0 unspecified atom stereocenters. The second kappa shape index (κ2) is 5.09. The first kappa shape index (κ1) is 11.7. The van der Waals surface area contributed by atoms with E-state index in [9.17, 15) is 0 Å². The van der Waals surface area contributed by atoms with Crippen molar-refractivity contribution in [2.24, 2.45) is 0 Å². The van der Waals surface area contributed by atoms with E-state index in [0.29, 0.717) is 5.56 Å². The molecular formula is C15H9N3S. The maximum Gasteiger partial charge on any atom is 0.116 e. The molecule has 0 spiro atoms. The Labute approximate surface area is 114 Å². The monoisotopic (exact) mass is 263 g/mol. The van der Waals surface area contributed by atoms with E-state index >= 15 is 0 Å². The number of nitrogens with zero attached hydrogens (tertiary/aromatic N) is 3. The summed E-state index contributed by atoms with van der Waals surface area (Å²) < 4.78 is 0. The molecule has 0 fully saturated rings. The lowest BCUT2D eigenvalue weighted by Crippen LogP contribution is -1.85. The SMILES string of the molecule is N#Cc1ccc(Sc2ccncn2)c2ccccc12. The summed E-state index contributed by atoms with van der Waals surface area (Å²) in [6.45, 7) is 0. The van der Waals surface area contributed by atoms with Crippen molar-refractivity contribution >= 4 is 22.5 Å². The molecule has 0 radical (unpaired) electrons. The van der Waals surface area contributed by atoms with E-state index in [1.54, 1.807) is 18.0 Å². The second-order valence-electron chi connectivity index (χ2n) is 3.92. The normalized spacial score (nSPS) is 10.3. The van der Waals surface area contributed by atoms with Crippen LogP contribution in [-0.4, -0.2) is 9.97 Å². The standard InChI is InChI=1S/C15H9N3S/c16-9-11-5-6-14(13-4-2-1-3-12(11)13)19-15-7-8-17-10-18-15/h1-8,10H. The van der Waals surface area contributed by atoms with E-state index in [1.165, 1.54) is 6.33 Å². The summed E-state index contributed by atoms with van der Waals surface area (Å²) in [5.74, 6) is 0. The molecule has 0 saturated carbocycles. The molecule has 0 N–H and O–H groups in total. The largest absolute Gasteiger partial charge is 0.245 e.